The zero-order chi connectivity index (χ0) is 22.1. The summed E-state index contributed by atoms with van der Waals surface area (Å²) in [5.41, 5.74) is 0.518. The van der Waals surface area contributed by atoms with Crippen molar-refractivity contribution in [3.8, 4) is 5.75 Å². The van der Waals surface area contributed by atoms with Crippen LogP contribution in [-0.4, -0.2) is 49.6 Å². The van der Waals surface area contributed by atoms with Gasteiger partial charge in [0.1, 0.15) is 11.3 Å². The number of fused-ring (bicyclic) bond motifs is 2. The molecule has 0 bridgehead atoms. The van der Waals surface area contributed by atoms with E-state index < -0.39 is 17.5 Å². The van der Waals surface area contributed by atoms with Crippen LogP contribution in [0.4, 0.5) is 13.9 Å². The van der Waals surface area contributed by atoms with E-state index in [-0.39, 0.29) is 28.8 Å². The Labute approximate surface area is 193 Å². The lowest BCUT2D eigenvalue weighted by Crippen LogP contribution is -2.36. The lowest BCUT2D eigenvalue weighted by atomic mass is 10.2. The molecular formula is C22H22ClF2N3O3S. The van der Waals surface area contributed by atoms with Crippen LogP contribution in [0.2, 0.25) is 0 Å². The molecule has 4 aromatic rings. The number of anilines is 1. The third-order valence-corrected chi connectivity index (χ3v) is 5.69. The minimum absolute atomic E-state index is 0. The zero-order valence-corrected chi connectivity index (χ0v) is 19.4. The molecular weight excluding hydrogens is 460 g/mol. The number of thiazole rings is 1. The minimum Gasteiger partial charge on any atom is -0.490 e. The van der Waals surface area contributed by atoms with E-state index in [1.807, 2.05) is 38.1 Å². The Balaban J connectivity index is 0.00000289. The van der Waals surface area contributed by atoms with Gasteiger partial charge in [-0.3, -0.25) is 9.69 Å². The van der Waals surface area contributed by atoms with Crippen molar-refractivity contribution in [3.63, 3.8) is 0 Å². The normalized spacial score (nSPS) is 11.2. The average Bonchev–Trinajstić information content (AvgIpc) is 3.33. The first-order valence-electron chi connectivity index (χ1n) is 9.75. The highest BCUT2D eigenvalue weighted by atomic mass is 35.5. The first-order chi connectivity index (χ1) is 14.9. The van der Waals surface area contributed by atoms with Crippen LogP contribution in [-0.2, 0) is 0 Å². The second-order valence-corrected chi connectivity index (χ2v) is 8.22. The molecule has 0 aliphatic heterocycles. The molecule has 0 N–H and O–H groups in total. The quantitative estimate of drug-likeness (QED) is 0.356. The number of para-hydroxylation sites is 1. The second kappa shape index (κ2) is 9.81. The van der Waals surface area contributed by atoms with Gasteiger partial charge in [0.2, 0.25) is 0 Å². The number of ether oxygens (including phenoxy) is 1. The first kappa shape index (κ1) is 23.9. The largest absolute Gasteiger partial charge is 0.490 e. The predicted octanol–water partition coefficient (Wildman–Crippen LogP) is 5.35. The van der Waals surface area contributed by atoms with E-state index in [4.69, 9.17) is 9.15 Å². The second-order valence-electron chi connectivity index (χ2n) is 7.21. The lowest BCUT2D eigenvalue weighted by Gasteiger charge is -2.20. The molecule has 10 heteroatoms. The fourth-order valence-electron chi connectivity index (χ4n) is 3.19. The van der Waals surface area contributed by atoms with Crippen molar-refractivity contribution in [2.45, 2.75) is 6.92 Å². The lowest BCUT2D eigenvalue weighted by molar-refractivity contribution is 0.0960. The minimum atomic E-state index is -0.761. The third-order valence-electron chi connectivity index (χ3n) is 4.67. The number of carbonyl (C=O) groups is 1. The van der Waals surface area contributed by atoms with Crippen molar-refractivity contribution < 1.29 is 22.7 Å². The van der Waals surface area contributed by atoms with E-state index in [1.54, 1.807) is 12.1 Å². The highest BCUT2D eigenvalue weighted by Crippen LogP contribution is 2.34. The molecule has 1 amide bonds. The Hall–Kier alpha value is -2.75. The standard InChI is InChI=1S/C22H21F2N3O3S.ClH/c1-4-29-16-7-5-6-13-10-17(30-20(13)16)21(28)27(9-8-26(2)3)22-25-19-15(24)11-14(23)12-18(19)31-22;/h5-7,10-12H,4,8-9H2,1-3H3;1H. The van der Waals surface area contributed by atoms with Gasteiger partial charge in [-0.1, -0.05) is 23.5 Å². The summed E-state index contributed by atoms with van der Waals surface area (Å²) in [5, 5.41) is 1.01. The van der Waals surface area contributed by atoms with Crippen LogP contribution in [0.3, 0.4) is 0 Å². The third kappa shape index (κ3) is 4.69. The van der Waals surface area contributed by atoms with Gasteiger partial charge in [0.25, 0.3) is 5.91 Å². The molecule has 0 radical (unpaired) electrons. The summed E-state index contributed by atoms with van der Waals surface area (Å²) in [6.07, 6.45) is 0. The van der Waals surface area contributed by atoms with E-state index in [1.165, 1.54) is 11.0 Å². The number of nitrogens with zero attached hydrogens (tertiary/aromatic N) is 3. The summed E-state index contributed by atoms with van der Waals surface area (Å²) < 4.78 is 39.6. The molecule has 0 fully saturated rings. The molecule has 4 rings (SSSR count). The molecule has 0 atom stereocenters. The average molecular weight is 482 g/mol. The number of hydrogen-bond acceptors (Lipinski definition) is 6. The van der Waals surface area contributed by atoms with Crippen LogP contribution < -0.4 is 9.64 Å². The van der Waals surface area contributed by atoms with E-state index in [9.17, 15) is 13.6 Å². The summed E-state index contributed by atoms with van der Waals surface area (Å²) in [6.45, 7) is 3.17. The number of rotatable bonds is 7. The zero-order valence-electron chi connectivity index (χ0n) is 17.7. The number of furan rings is 1. The topological polar surface area (TPSA) is 58.8 Å². The summed E-state index contributed by atoms with van der Waals surface area (Å²) in [7, 11) is 3.76. The molecule has 2 aromatic heterocycles. The highest BCUT2D eigenvalue weighted by molar-refractivity contribution is 7.22. The van der Waals surface area contributed by atoms with Gasteiger partial charge in [0, 0.05) is 24.5 Å². The van der Waals surface area contributed by atoms with Crippen molar-refractivity contribution >= 4 is 56.0 Å². The van der Waals surface area contributed by atoms with Crippen LogP contribution in [0.1, 0.15) is 17.5 Å². The van der Waals surface area contributed by atoms with Gasteiger partial charge < -0.3 is 14.1 Å². The maximum atomic E-state index is 14.2. The number of hydrogen-bond donors (Lipinski definition) is 0. The van der Waals surface area contributed by atoms with Gasteiger partial charge >= 0.3 is 0 Å². The Bertz CT molecular complexity index is 1260. The number of amides is 1. The maximum Gasteiger partial charge on any atom is 0.295 e. The fourth-order valence-corrected chi connectivity index (χ4v) is 4.22. The molecule has 0 spiro atoms. The molecule has 0 saturated heterocycles. The van der Waals surface area contributed by atoms with Gasteiger partial charge in [-0.05, 0) is 39.2 Å². The molecule has 6 nitrogen and oxygen atoms in total. The van der Waals surface area contributed by atoms with Gasteiger partial charge in [0.05, 0.1) is 11.3 Å². The van der Waals surface area contributed by atoms with Gasteiger partial charge in [-0.25, -0.2) is 13.8 Å². The molecule has 32 heavy (non-hydrogen) atoms. The predicted molar refractivity (Wildman–Crippen MR) is 124 cm³/mol. The molecule has 2 aromatic carbocycles. The van der Waals surface area contributed by atoms with Crippen LogP contribution >= 0.6 is 23.7 Å². The number of carbonyl (C=O) groups excluding carboxylic acids is 1. The van der Waals surface area contributed by atoms with E-state index in [0.717, 1.165) is 22.8 Å². The van der Waals surface area contributed by atoms with Crippen LogP contribution in [0, 0.1) is 11.6 Å². The van der Waals surface area contributed by atoms with Crippen LogP contribution in [0.25, 0.3) is 21.2 Å². The monoisotopic (exact) mass is 481 g/mol. The first-order valence-corrected chi connectivity index (χ1v) is 10.6. The molecule has 0 saturated carbocycles. The fraction of sp³-hybridized carbons (Fsp3) is 0.273. The van der Waals surface area contributed by atoms with E-state index in [2.05, 4.69) is 4.98 Å². The van der Waals surface area contributed by atoms with Crippen LogP contribution in [0.5, 0.6) is 5.75 Å². The molecule has 0 aliphatic carbocycles. The van der Waals surface area contributed by atoms with Gasteiger partial charge in [0.15, 0.2) is 28.0 Å². The maximum absolute atomic E-state index is 14.2. The Morgan fingerprint density at radius 2 is 1.97 bits per heavy atom. The van der Waals surface area contributed by atoms with Crippen molar-refractivity contribution in [2.75, 3.05) is 38.7 Å². The van der Waals surface area contributed by atoms with Crippen molar-refractivity contribution in [1.29, 1.82) is 0 Å². The molecule has 0 unspecified atom stereocenters. The number of halogens is 3. The number of likely N-dealkylation sites (N-methyl/N-ethyl adjacent to an activating group) is 1. The van der Waals surface area contributed by atoms with Crippen molar-refractivity contribution in [1.82, 2.24) is 9.88 Å². The van der Waals surface area contributed by atoms with E-state index in [0.29, 0.717) is 35.7 Å². The summed E-state index contributed by atoms with van der Waals surface area (Å²) in [4.78, 5) is 21.0. The Morgan fingerprint density at radius 3 is 2.69 bits per heavy atom. The summed E-state index contributed by atoms with van der Waals surface area (Å²) in [6, 6.07) is 9.08. The van der Waals surface area contributed by atoms with E-state index >= 15 is 0 Å². The molecule has 0 aliphatic rings. The Kier molecular flexibility index (Phi) is 7.33. The Morgan fingerprint density at radius 1 is 1.19 bits per heavy atom. The summed E-state index contributed by atoms with van der Waals surface area (Å²) in [5.74, 6) is -1.20. The van der Waals surface area contributed by atoms with Gasteiger partial charge in [-0.15, -0.1) is 12.4 Å². The highest BCUT2D eigenvalue weighted by Gasteiger charge is 2.26. The molecule has 170 valence electrons. The molecule has 2 heterocycles. The van der Waals surface area contributed by atoms with Gasteiger partial charge in [-0.2, -0.15) is 0 Å². The van der Waals surface area contributed by atoms with Crippen molar-refractivity contribution in [2.24, 2.45) is 0 Å². The van der Waals surface area contributed by atoms with Crippen molar-refractivity contribution in [3.05, 3.63) is 53.8 Å². The summed E-state index contributed by atoms with van der Waals surface area (Å²) >= 11 is 1.06. The van der Waals surface area contributed by atoms with Crippen LogP contribution in [0.15, 0.2) is 40.8 Å². The number of aromatic nitrogens is 1. The number of benzene rings is 2. The smallest absolute Gasteiger partial charge is 0.295 e. The SMILES string of the molecule is CCOc1cccc2cc(C(=O)N(CCN(C)C)c3nc4c(F)cc(F)cc4s3)oc12.Cl.